The predicted octanol–water partition coefficient (Wildman–Crippen LogP) is 3.24. The average molecular weight is 443 g/mol. The van der Waals surface area contributed by atoms with Crippen molar-refractivity contribution in [2.75, 3.05) is 13.1 Å². The zero-order valence-corrected chi connectivity index (χ0v) is 18.5. The molecule has 33 heavy (non-hydrogen) atoms. The molecular weight excluding hydrogens is 416 g/mol. The van der Waals surface area contributed by atoms with Gasteiger partial charge in [0.25, 0.3) is 5.91 Å². The number of imidazole rings is 2. The number of rotatable bonds is 5. The summed E-state index contributed by atoms with van der Waals surface area (Å²) in [5.41, 5.74) is 9.17. The first-order valence-corrected chi connectivity index (χ1v) is 11.2. The molecule has 1 aliphatic rings. The van der Waals surface area contributed by atoms with E-state index in [4.69, 9.17) is 10.7 Å². The van der Waals surface area contributed by atoms with Gasteiger partial charge in [-0.15, -0.1) is 0 Å². The van der Waals surface area contributed by atoms with Gasteiger partial charge in [0.2, 0.25) is 5.91 Å². The number of hydrogen-bond acceptors (Lipinski definition) is 4. The van der Waals surface area contributed by atoms with E-state index in [2.05, 4.69) is 9.97 Å². The first-order chi connectivity index (χ1) is 16.0. The number of primary amides is 1. The molecule has 3 heterocycles. The molecular formula is C25H26N6O2. The number of aryl methyl sites for hydroxylation is 1. The number of amides is 2. The van der Waals surface area contributed by atoms with Crippen molar-refractivity contribution >= 4 is 22.8 Å². The molecule has 1 atom stereocenters. The van der Waals surface area contributed by atoms with Gasteiger partial charge in [0.15, 0.2) is 0 Å². The van der Waals surface area contributed by atoms with Gasteiger partial charge >= 0.3 is 0 Å². The van der Waals surface area contributed by atoms with E-state index in [1.165, 1.54) is 0 Å². The van der Waals surface area contributed by atoms with Crippen LogP contribution in [0.2, 0.25) is 0 Å². The summed E-state index contributed by atoms with van der Waals surface area (Å²) in [5, 5.41) is 0. The number of nitrogens with one attached hydrogen (secondary N) is 1. The number of nitrogens with zero attached hydrogens (tertiary/aromatic N) is 4. The van der Waals surface area contributed by atoms with Crippen LogP contribution in [-0.2, 0) is 11.3 Å². The Morgan fingerprint density at radius 2 is 1.85 bits per heavy atom. The third-order valence-corrected chi connectivity index (χ3v) is 6.32. The van der Waals surface area contributed by atoms with Gasteiger partial charge in [-0.1, -0.05) is 42.5 Å². The highest BCUT2D eigenvalue weighted by atomic mass is 16.2. The van der Waals surface area contributed by atoms with Crippen molar-refractivity contribution < 1.29 is 9.59 Å². The molecule has 3 N–H and O–H groups in total. The highest BCUT2D eigenvalue weighted by Crippen LogP contribution is 2.29. The molecule has 8 nitrogen and oxygen atoms in total. The standard InChI is InChI=1S/C25H26N6O2/c1-16-27-19-11-5-6-12-20(19)31(16)15-21(32)30-13-7-10-18(14-30)25-28-22(23(29-25)24(26)33)17-8-3-2-4-9-17/h2-6,8-9,11-12,18H,7,10,13-15H2,1H3,(H2,26,33)(H,28,29)/t18-/m0/s1. The van der Waals surface area contributed by atoms with Crippen LogP contribution in [0.4, 0.5) is 0 Å². The van der Waals surface area contributed by atoms with E-state index >= 15 is 0 Å². The van der Waals surface area contributed by atoms with Crippen LogP contribution in [0.25, 0.3) is 22.3 Å². The van der Waals surface area contributed by atoms with E-state index in [0.29, 0.717) is 30.3 Å². The number of para-hydroxylation sites is 2. The van der Waals surface area contributed by atoms with Crippen molar-refractivity contribution in [2.45, 2.75) is 32.2 Å². The first kappa shape index (κ1) is 20.9. The van der Waals surface area contributed by atoms with Crippen molar-refractivity contribution in [3.8, 4) is 11.3 Å². The second-order valence-electron chi connectivity index (χ2n) is 8.49. The lowest BCUT2D eigenvalue weighted by Gasteiger charge is -2.32. The Morgan fingerprint density at radius 1 is 1.09 bits per heavy atom. The highest BCUT2D eigenvalue weighted by Gasteiger charge is 2.29. The number of hydrogen-bond donors (Lipinski definition) is 2. The molecule has 0 radical (unpaired) electrons. The van der Waals surface area contributed by atoms with Crippen LogP contribution in [0.5, 0.6) is 0 Å². The number of carbonyl (C=O) groups excluding carboxylic acids is 2. The van der Waals surface area contributed by atoms with Gasteiger partial charge in [-0.3, -0.25) is 9.59 Å². The quantitative estimate of drug-likeness (QED) is 0.494. The summed E-state index contributed by atoms with van der Waals surface area (Å²) < 4.78 is 1.97. The van der Waals surface area contributed by atoms with Crippen molar-refractivity contribution in [1.82, 2.24) is 24.4 Å². The molecule has 0 spiro atoms. The molecule has 0 saturated carbocycles. The molecule has 168 valence electrons. The fourth-order valence-corrected chi connectivity index (χ4v) is 4.63. The maximum absolute atomic E-state index is 13.2. The van der Waals surface area contributed by atoms with Crippen LogP contribution in [0, 0.1) is 6.92 Å². The number of likely N-dealkylation sites (tertiary alicyclic amines) is 1. The van der Waals surface area contributed by atoms with Gasteiger partial charge in [-0.05, 0) is 31.9 Å². The van der Waals surface area contributed by atoms with Crippen molar-refractivity contribution in [3.05, 3.63) is 71.9 Å². The average Bonchev–Trinajstić information content (AvgIpc) is 3.42. The summed E-state index contributed by atoms with van der Waals surface area (Å²) in [7, 11) is 0. The molecule has 4 aromatic rings. The molecule has 1 fully saturated rings. The summed E-state index contributed by atoms with van der Waals surface area (Å²) in [4.78, 5) is 39.6. The van der Waals surface area contributed by atoms with Crippen LogP contribution in [0.1, 0.15) is 40.9 Å². The van der Waals surface area contributed by atoms with E-state index in [-0.39, 0.29) is 18.4 Å². The van der Waals surface area contributed by atoms with Crippen LogP contribution in [0.3, 0.4) is 0 Å². The molecule has 5 rings (SSSR count). The van der Waals surface area contributed by atoms with Gasteiger partial charge in [0.1, 0.15) is 29.6 Å². The van der Waals surface area contributed by atoms with E-state index in [1.807, 2.05) is 71.0 Å². The number of piperidine rings is 1. The number of carbonyl (C=O) groups is 2. The number of fused-ring (bicyclic) bond motifs is 1. The molecule has 2 amide bonds. The Labute approximate surface area is 191 Å². The molecule has 1 aliphatic heterocycles. The van der Waals surface area contributed by atoms with Gasteiger partial charge in [0, 0.05) is 24.6 Å². The fraction of sp³-hybridized carbons (Fsp3) is 0.280. The summed E-state index contributed by atoms with van der Waals surface area (Å²) >= 11 is 0. The van der Waals surface area contributed by atoms with Crippen molar-refractivity contribution in [3.63, 3.8) is 0 Å². The zero-order valence-electron chi connectivity index (χ0n) is 18.5. The lowest BCUT2D eigenvalue weighted by atomic mass is 9.97. The van der Waals surface area contributed by atoms with Crippen LogP contribution in [0.15, 0.2) is 54.6 Å². The van der Waals surface area contributed by atoms with Gasteiger partial charge in [-0.25, -0.2) is 9.97 Å². The minimum atomic E-state index is -0.543. The zero-order chi connectivity index (χ0) is 22.9. The molecule has 2 aromatic heterocycles. The van der Waals surface area contributed by atoms with Crippen molar-refractivity contribution in [2.24, 2.45) is 5.73 Å². The smallest absolute Gasteiger partial charge is 0.267 e. The highest BCUT2D eigenvalue weighted by molar-refractivity contribution is 5.97. The van der Waals surface area contributed by atoms with E-state index in [9.17, 15) is 9.59 Å². The Hall–Kier alpha value is -3.94. The number of H-pyrrole nitrogens is 1. The molecule has 0 aliphatic carbocycles. The first-order valence-electron chi connectivity index (χ1n) is 11.2. The number of aromatic nitrogens is 4. The fourth-order valence-electron chi connectivity index (χ4n) is 4.63. The lowest BCUT2D eigenvalue weighted by Crippen LogP contribution is -2.41. The van der Waals surface area contributed by atoms with Crippen LogP contribution in [-0.4, -0.2) is 49.3 Å². The Bertz CT molecular complexity index is 1320. The van der Waals surface area contributed by atoms with Gasteiger partial charge < -0.3 is 20.2 Å². The SMILES string of the molecule is Cc1nc2ccccc2n1CC(=O)N1CCC[C@H](c2nc(-c3ccccc3)c(C(N)=O)[nH]2)C1. The number of nitrogens with two attached hydrogens (primary N) is 1. The maximum atomic E-state index is 13.2. The summed E-state index contributed by atoms with van der Waals surface area (Å²) in [6.07, 6.45) is 1.75. The monoisotopic (exact) mass is 442 g/mol. The minimum absolute atomic E-state index is 0.0129. The second-order valence-corrected chi connectivity index (χ2v) is 8.49. The Morgan fingerprint density at radius 3 is 2.64 bits per heavy atom. The topological polar surface area (TPSA) is 110 Å². The van der Waals surface area contributed by atoms with Gasteiger partial charge in [-0.2, -0.15) is 0 Å². The van der Waals surface area contributed by atoms with Gasteiger partial charge in [0.05, 0.1) is 11.0 Å². The second kappa shape index (κ2) is 8.54. The Kier molecular flexibility index (Phi) is 5.42. The molecule has 0 bridgehead atoms. The third-order valence-electron chi connectivity index (χ3n) is 6.32. The van der Waals surface area contributed by atoms with Crippen molar-refractivity contribution in [1.29, 1.82) is 0 Å². The summed E-state index contributed by atoms with van der Waals surface area (Å²) in [5.74, 6) is 1.04. The Balaban J connectivity index is 1.37. The molecule has 2 aromatic carbocycles. The summed E-state index contributed by atoms with van der Waals surface area (Å²) in [6, 6.07) is 17.4. The molecule has 1 saturated heterocycles. The molecule has 8 heteroatoms. The maximum Gasteiger partial charge on any atom is 0.267 e. The van der Waals surface area contributed by atoms with E-state index in [1.54, 1.807) is 0 Å². The van der Waals surface area contributed by atoms with Crippen LogP contribution < -0.4 is 5.73 Å². The molecule has 0 unspecified atom stereocenters. The number of aromatic amines is 1. The third kappa shape index (κ3) is 4.00. The van der Waals surface area contributed by atoms with E-state index < -0.39 is 5.91 Å². The summed E-state index contributed by atoms with van der Waals surface area (Å²) in [6.45, 7) is 3.42. The predicted molar refractivity (Wildman–Crippen MR) is 126 cm³/mol. The van der Waals surface area contributed by atoms with Crippen LogP contribution >= 0.6 is 0 Å². The minimum Gasteiger partial charge on any atom is -0.364 e. The number of benzene rings is 2. The lowest BCUT2D eigenvalue weighted by molar-refractivity contribution is -0.133. The normalized spacial score (nSPS) is 16.3. The van der Waals surface area contributed by atoms with E-state index in [0.717, 1.165) is 35.3 Å². The largest absolute Gasteiger partial charge is 0.364 e.